The van der Waals surface area contributed by atoms with Gasteiger partial charge in [0, 0.05) is 13.5 Å². The van der Waals surface area contributed by atoms with Crippen LogP contribution in [-0.2, 0) is 25.4 Å². The summed E-state index contributed by atoms with van der Waals surface area (Å²) in [6.45, 7) is 2.63. The van der Waals surface area contributed by atoms with Crippen LogP contribution in [-0.4, -0.2) is 38.6 Å². The van der Waals surface area contributed by atoms with Crippen LogP contribution in [0.5, 0.6) is 0 Å². The molecule has 6 heteroatoms. The van der Waals surface area contributed by atoms with Crippen LogP contribution in [0.25, 0.3) is 0 Å². The number of nitrogens with two attached hydrogens (primary N) is 1. The second kappa shape index (κ2) is 7.48. The fraction of sp³-hybridized carbons (Fsp3) is 0.583. The van der Waals surface area contributed by atoms with Crippen LogP contribution in [0.3, 0.4) is 0 Å². The molecule has 1 atom stereocenters. The number of ether oxygens (including phenoxy) is 3. The van der Waals surface area contributed by atoms with E-state index in [9.17, 15) is 4.79 Å². The molecule has 0 bridgehead atoms. The zero-order chi connectivity index (χ0) is 13.4. The number of carbonyl (C=O) groups is 1. The Balaban J connectivity index is 2.69. The molecule has 1 aromatic rings. The molecule has 0 saturated carbocycles. The maximum Gasteiger partial charge on any atom is 0.353 e. The average molecular weight is 273 g/mol. The molecule has 0 aliphatic carbocycles. The third-order valence-electron chi connectivity index (χ3n) is 2.31. The van der Waals surface area contributed by atoms with E-state index in [1.165, 1.54) is 0 Å². The largest absolute Gasteiger partial charge is 0.463 e. The van der Waals surface area contributed by atoms with E-state index < -0.39 is 11.7 Å². The number of esters is 1. The van der Waals surface area contributed by atoms with Crippen LogP contribution in [0.4, 0.5) is 0 Å². The van der Waals surface area contributed by atoms with Gasteiger partial charge >= 0.3 is 5.97 Å². The Morgan fingerprint density at radius 2 is 2.28 bits per heavy atom. The zero-order valence-corrected chi connectivity index (χ0v) is 11.5. The van der Waals surface area contributed by atoms with Gasteiger partial charge in [0.2, 0.25) is 5.72 Å². The van der Waals surface area contributed by atoms with E-state index in [0.717, 1.165) is 5.56 Å². The maximum atomic E-state index is 11.9. The molecular formula is C12H19NO4S. The summed E-state index contributed by atoms with van der Waals surface area (Å²) >= 11 is 1.55. The van der Waals surface area contributed by atoms with E-state index in [1.54, 1.807) is 25.4 Å². The van der Waals surface area contributed by atoms with E-state index in [4.69, 9.17) is 19.9 Å². The summed E-state index contributed by atoms with van der Waals surface area (Å²) in [7, 11) is 1.56. The quantitative estimate of drug-likeness (QED) is 0.437. The molecule has 0 saturated heterocycles. The molecule has 18 heavy (non-hydrogen) atoms. The molecule has 0 amide bonds. The molecule has 2 N–H and O–H groups in total. The van der Waals surface area contributed by atoms with Crippen molar-refractivity contribution in [2.45, 2.75) is 19.1 Å². The molecule has 1 rings (SSSR count). The van der Waals surface area contributed by atoms with Crippen LogP contribution in [0, 0.1) is 0 Å². The van der Waals surface area contributed by atoms with Crippen LogP contribution in [0.2, 0.25) is 0 Å². The highest BCUT2D eigenvalue weighted by Crippen LogP contribution is 2.17. The SMILES string of the molecule is CCOC(=O)C(N)(Cc1ccsc1)OCCOC. The number of thiophene rings is 1. The number of methoxy groups -OCH3 is 1. The van der Waals surface area contributed by atoms with E-state index >= 15 is 0 Å². The highest BCUT2D eigenvalue weighted by molar-refractivity contribution is 7.07. The molecule has 5 nitrogen and oxygen atoms in total. The monoisotopic (exact) mass is 273 g/mol. The molecule has 1 heterocycles. The fourth-order valence-corrected chi connectivity index (χ4v) is 2.11. The normalized spacial score (nSPS) is 14.2. The Morgan fingerprint density at radius 1 is 1.50 bits per heavy atom. The lowest BCUT2D eigenvalue weighted by Crippen LogP contribution is -2.53. The number of hydrogen-bond donors (Lipinski definition) is 1. The standard InChI is InChI=1S/C12H19NO4S/c1-3-16-11(14)12(13,17-6-5-15-2)8-10-4-7-18-9-10/h4,7,9H,3,5-6,8,13H2,1-2H3. The van der Waals surface area contributed by atoms with Crippen molar-refractivity contribution >= 4 is 17.3 Å². The second-order valence-corrected chi connectivity index (χ2v) is 4.54. The van der Waals surface area contributed by atoms with Gasteiger partial charge < -0.3 is 14.2 Å². The second-order valence-electron chi connectivity index (χ2n) is 3.76. The van der Waals surface area contributed by atoms with Crippen LogP contribution in [0.1, 0.15) is 12.5 Å². The molecule has 0 fully saturated rings. The Bertz CT molecular complexity index is 355. The Morgan fingerprint density at radius 3 is 2.83 bits per heavy atom. The lowest BCUT2D eigenvalue weighted by molar-refractivity contribution is -0.173. The molecule has 1 aromatic heterocycles. The summed E-state index contributed by atoms with van der Waals surface area (Å²) in [5, 5.41) is 3.86. The Kier molecular flexibility index (Phi) is 6.28. The predicted octanol–water partition coefficient (Wildman–Crippen LogP) is 1.17. The summed E-state index contributed by atoms with van der Waals surface area (Å²) in [6, 6.07) is 1.91. The topological polar surface area (TPSA) is 70.8 Å². The van der Waals surface area contributed by atoms with Crippen molar-refractivity contribution in [2.24, 2.45) is 5.73 Å². The molecule has 102 valence electrons. The van der Waals surface area contributed by atoms with E-state index in [2.05, 4.69) is 0 Å². The van der Waals surface area contributed by atoms with Crippen LogP contribution >= 0.6 is 11.3 Å². The highest BCUT2D eigenvalue weighted by atomic mass is 32.1. The molecule has 0 spiro atoms. The van der Waals surface area contributed by atoms with Gasteiger partial charge in [-0.2, -0.15) is 11.3 Å². The van der Waals surface area contributed by atoms with Crippen LogP contribution in [0.15, 0.2) is 16.8 Å². The van der Waals surface area contributed by atoms with Crippen molar-refractivity contribution in [3.63, 3.8) is 0 Å². The first-order valence-electron chi connectivity index (χ1n) is 5.72. The van der Waals surface area contributed by atoms with Gasteiger partial charge in [0.15, 0.2) is 0 Å². The summed E-state index contributed by atoms with van der Waals surface area (Å²) in [5.41, 5.74) is 5.51. The molecule has 0 aliphatic rings. The van der Waals surface area contributed by atoms with Gasteiger partial charge in [-0.25, -0.2) is 4.79 Å². The van der Waals surface area contributed by atoms with Gasteiger partial charge in [0.1, 0.15) is 0 Å². The van der Waals surface area contributed by atoms with Gasteiger partial charge in [0.25, 0.3) is 0 Å². The van der Waals surface area contributed by atoms with Crippen molar-refractivity contribution in [3.8, 4) is 0 Å². The first-order chi connectivity index (χ1) is 8.62. The first kappa shape index (κ1) is 15.1. The van der Waals surface area contributed by atoms with Gasteiger partial charge in [-0.1, -0.05) is 0 Å². The minimum atomic E-state index is -1.45. The van der Waals surface area contributed by atoms with E-state index in [1.807, 2.05) is 16.8 Å². The van der Waals surface area contributed by atoms with Gasteiger partial charge in [0.05, 0.1) is 19.8 Å². The summed E-state index contributed by atoms with van der Waals surface area (Å²) in [6.07, 6.45) is 0.291. The van der Waals surface area contributed by atoms with Gasteiger partial charge in [-0.15, -0.1) is 0 Å². The smallest absolute Gasteiger partial charge is 0.353 e. The third-order valence-corrected chi connectivity index (χ3v) is 3.05. The number of carbonyl (C=O) groups excluding carboxylic acids is 1. The molecule has 1 unspecified atom stereocenters. The minimum absolute atomic E-state index is 0.246. The van der Waals surface area contributed by atoms with Crippen molar-refractivity contribution in [2.75, 3.05) is 26.9 Å². The minimum Gasteiger partial charge on any atom is -0.463 e. The van der Waals surface area contributed by atoms with Crippen molar-refractivity contribution in [1.82, 2.24) is 0 Å². The van der Waals surface area contributed by atoms with Crippen LogP contribution < -0.4 is 5.73 Å². The highest BCUT2D eigenvalue weighted by Gasteiger charge is 2.37. The molecule has 0 radical (unpaired) electrons. The molecular weight excluding hydrogens is 254 g/mol. The predicted molar refractivity (Wildman–Crippen MR) is 69.4 cm³/mol. The lowest BCUT2D eigenvalue weighted by Gasteiger charge is -2.26. The molecule has 0 aliphatic heterocycles. The lowest BCUT2D eigenvalue weighted by atomic mass is 10.1. The van der Waals surface area contributed by atoms with Gasteiger partial charge in [-0.3, -0.25) is 5.73 Å². The number of hydrogen-bond acceptors (Lipinski definition) is 6. The Hall–Kier alpha value is -0.950. The number of rotatable bonds is 8. The van der Waals surface area contributed by atoms with E-state index in [0.29, 0.717) is 13.0 Å². The summed E-state index contributed by atoms with van der Waals surface area (Å²) in [5.74, 6) is -0.549. The molecule has 0 aromatic carbocycles. The van der Waals surface area contributed by atoms with Crippen molar-refractivity contribution in [1.29, 1.82) is 0 Å². The summed E-state index contributed by atoms with van der Waals surface area (Å²) < 4.78 is 15.3. The fourth-order valence-electron chi connectivity index (χ4n) is 1.44. The average Bonchev–Trinajstić information content (AvgIpc) is 2.82. The van der Waals surface area contributed by atoms with E-state index in [-0.39, 0.29) is 13.2 Å². The Labute approximate surface area is 111 Å². The first-order valence-corrected chi connectivity index (χ1v) is 6.66. The summed E-state index contributed by atoms with van der Waals surface area (Å²) in [4.78, 5) is 11.9. The third kappa shape index (κ3) is 4.38. The van der Waals surface area contributed by atoms with Crippen molar-refractivity contribution < 1.29 is 19.0 Å². The van der Waals surface area contributed by atoms with Crippen molar-refractivity contribution in [3.05, 3.63) is 22.4 Å². The van der Waals surface area contributed by atoms with Gasteiger partial charge in [-0.05, 0) is 29.3 Å². The maximum absolute atomic E-state index is 11.9. The zero-order valence-electron chi connectivity index (χ0n) is 10.7.